The summed E-state index contributed by atoms with van der Waals surface area (Å²) < 4.78 is 67.3. The number of alkyl halides is 3. The third-order valence-electron chi connectivity index (χ3n) is 3.27. The fraction of sp³-hybridized carbons (Fsp3) is 0.118. The van der Waals surface area contributed by atoms with Crippen molar-refractivity contribution < 1.29 is 31.5 Å². The molecule has 3 aromatic rings. The highest BCUT2D eigenvalue weighted by Gasteiger charge is 2.30. The first kappa shape index (κ1) is 21.8. The van der Waals surface area contributed by atoms with Gasteiger partial charge in [-0.2, -0.15) is 0 Å². The van der Waals surface area contributed by atoms with Crippen molar-refractivity contribution in [3.8, 4) is 5.75 Å². The Bertz CT molecular complexity index is 1030. The first-order valence-corrected chi connectivity index (χ1v) is 9.82. The van der Waals surface area contributed by atoms with Crippen LogP contribution in [0.2, 0.25) is 0 Å². The molecule has 6 nitrogen and oxygen atoms in total. The van der Waals surface area contributed by atoms with Crippen molar-refractivity contribution in [2.75, 3.05) is 16.4 Å². The summed E-state index contributed by atoms with van der Waals surface area (Å²) in [6.45, 7) is 0. The number of aromatic nitrogens is 2. The summed E-state index contributed by atoms with van der Waals surface area (Å²) in [7, 11) is 0. The minimum atomic E-state index is -4.77. The fourth-order valence-corrected chi connectivity index (χ4v) is 3.66. The third kappa shape index (κ3) is 6.56. The van der Waals surface area contributed by atoms with Crippen LogP contribution in [0.3, 0.4) is 0 Å². The normalized spacial score (nSPS) is 11.2. The lowest BCUT2D eigenvalue weighted by atomic mass is 10.3. The Labute approximate surface area is 174 Å². The van der Waals surface area contributed by atoms with Crippen LogP contribution >= 0.6 is 23.1 Å². The van der Waals surface area contributed by atoms with E-state index in [0.717, 1.165) is 53.4 Å². The highest BCUT2D eigenvalue weighted by molar-refractivity contribution is 8.01. The number of thioether (sulfide) groups is 1. The predicted molar refractivity (Wildman–Crippen MR) is 102 cm³/mol. The van der Waals surface area contributed by atoms with Crippen LogP contribution < -0.4 is 15.4 Å². The Morgan fingerprint density at radius 1 is 1.10 bits per heavy atom. The molecule has 0 aliphatic rings. The molecule has 1 amide bonds. The zero-order valence-corrected chi connectivity index (χ0v) is 16.3. The number of nitrogens with one attached hydrogen (secondary N) is 2. The van der Waals surface area contributed by atoms with E-state index in [2.05, 4.69) is 25.6 Å². The maximum Gasteiger partial charge on any atom is 0.573 e. The quantitative estimate of drug-likeness (QED) is 0.372. The number of amides is 1. The molecule has 0 radical (unpaired) electrons. The molecule has 0 aliphatic carbocycles. The topological polar surface area (TPSA) is 76.1 Å². The second-order valence-corrected chi connectivity index (χ2v) is 7.73. The van der Waals surface area contributed by atoms with Crippen LogP contribution in [-0.2, 0) is 4.79 Å². The molecule has 0 saturated heterocycles. The average Bonchev–Trinajstić information content (AvgIpc) is 3.11. The molecular formula is C17H11F5N4O2S2. The van der Waals surface area contributed by atoms with E-state index in [1.165, 1.54) is 12.1 Å². The van der Waals surface area contributed by atoms with Gasteiger partial charge in [-0.1, -0.05) is 23.1 Å². The zero-order chi connectivity index (χ0) is 21.7. The Kier molecular flexibility index (Phi) is 6.72. The van der Waals surface area contributed by atoms with Crippen molar-refractivity contribution in [1.82, 2.24) is 10.2 Å². The monoisotopic (exact) mass is 462 g/mol. The summed E-state index contributed by atoms with van der Waals surface area (Å²) in [6, 6.07) is 7.74. The van der Waals surface area contributed by atoms with Gasteiger partial charge in [-0.15, -0.1) is 23.4 Å². The van der Waals surface area contributed by atoms with Crippen LogP contribution in [0.1, 0.15) is 0 Å². The molecule has 0 atom stereocenters. The first-order chi connectivity index (χ1) is 14.2. The number of ether oxygens (including phenoxy) is 1. The standard InChI is InChI=1S/C17H11F5N4O2S2/c18-9-1-6-12(19)13(7-9)24-14(27)8-29-16-26-25-15(30-16)23-10-2-4-11(5-3-10)28-17(20,21)22/h1-7H,8H2,(H,23,25)(H,24,27). The van der Waals surface area contributed by atoms with Crippen molar-refractivity contribution >= 4 is 45.5 Å². The molecule has 13 heteroatoms. The van der Waals surface area contributed by atoms with Gasteiger partial charge in [0.2, 0.25) is 11.0 Å². The van der Waals surface area contributed by atoms with Gasteiger partial charge in [-0.05, 0) is 36.4 Å². The van der Waals surface area contributed by atoms with Gasteiger partial charge in [0.05, 0.1) is 11.4 Å². The minimum Gasteiger partial charge on any atom is -0.406 e. The van der Waals surface area contributed by atoms with E-state index in [9.17, 15) is 26.7 Å². The van der Waals surface area contributed by atoms with E-state index in [0.29, 0.717) is 15.2 Å². The number of hydrogen-bond donors (Lipinski definition) is 2. The van der Waals surface area contributed by atoms with Crippen molar-refractivity contribution in [3.63, 3.8) is 0 Å². The molecule has 158 valence electrons. The molecule has 2 aromatic carbocycles. The van der Waals surface area contributed by atoms with Gasteiger partial charge in [0.1, 0.15) is 17.4 Å². The number of carbonyl (C=O) groups excluding carboxylic acids is 1. The fourth-order valence-electron chi connectivity index (χ4n) is 2.09. The number of anilines is 3. The summed E-state index contributed by atoms with van der Waals surface area (Å²) in [5, 5.41) is 13.2. The highest BCUT2D eigenvalue weighted by Crippen LogP contribution is 2.29. The Morgan fingerprint density at radius 2 is 1.83 bits per heavy atom. The van der Waals surface area contributed by atoms with E-state index in [1.54, 1.807) is 0 Å². The first-order valence-electron chi connectivity index (χ1n) is 8.02. The van der Waals surface area contributed by atoms with Gasteiger partial charge in [0.15, 0.2) is 4.34 Å². The minimum absolute atomic E-state index is 0.117. The molecular weight excluding hydrogens is 451 g/mol. The lowest BCUT2D eigenvalue weighted by Gasteiger charge is -2.09. The van der Waals surface area contributed by atoms with Crippen LogP contribution in [0.4, 0.5) is 38.5 Å². The molecule has 2 N–H and O–H groups in total. The van der Waals surface area contributed by atoms with Crippen molar-refractivity contribution in [2.45, 2.75) is 10.7 Å². The van der Waals surface area contributed by atoms with Crippen molar-refractivity contribution in [3.05, 3.63) is 54.1 Å². The predicted octanol–water partition coefficient (Wildman–Crippen LogP) is 5.19. The van der Waals surface area contributed by atoms with Crippen LogP contribution in [0, 0.1) is 11.6 Å². The average molecular weight is 462 g/mol. The Hall–Kier alpha value is -2.93. The van der Waals surface area contributed by atoms with E-state index >= 15 is 0 Å². The molecule has 0 fully saturated rings. The Balaban J connectivity index is 1.51. The second kappa shape index (κ2) is 9.26. The van der Waals surface area contributed by atoms with Gasteiger partial charge in [0, 0.05) is 11.8 Å². The summed E-state index contributed by atoms with van der Waals surface area (Å²) in [4.78, 5) is 11.9. The molecule has 0 saturated carbocycles. The number of hydrogen-bond acceptors (Lipinski definition) is 7. The Morgan fingerprint density at radius 3 is 2.53 bits per heavy atom. The number of benzene rings is 2. The van der Waals surface area contributed by atoms with Crippen LogP contribution in [-0.4, -0.2) is 28.2 Å². The van der Waals surface area contributed by atoms with E-state index in [1.807, 2.05) is 0 Å². The summed E-state index contributed by atoms with van der Waals surface area (Å²) in [5.41, 5.74) is 0.190. The molecule has 0 spiro atoms. The van der Waals surface area contributed by atoms with Crippen LogP contribution in [0.5, 0.6) is 5.75 Å². The lowest BCUT2D eigenvalue weighted by Crippen LogP contribution is -2.16. The van der Waals surface area contributed by atoms with E-state index in [4.69, 9.17) is 0 Å². The molecule has 0 aliphatic heterocycles. The molecule has 0 unspecified atom stereocenters. The summed E-state index contributed by atoms with van der Waals surface area (Å²) >= 11 is 2.13. The summed E-state index contributed by atoms with van der Waals surface area (Å²) in [6.07, 6.45) is -4.77. The maximum atomic E-state index is 13.5. The smallest absolute Gasteiger partial charge is 0.406 e. The van der Waals surface area contributed by atoms with Gasteiger partial charge in [-0.25, -0.2) is 8.78 Å². The third-order valence-corrected chi connectivity index (χ3v) is 5.25. The number of nitrogens with zero attached hydrogens (tertiary/aromatic N) is 2. The maximum absolute atomic E-state index is 13.5. The second-order valence-electron chi connectivity index (χ2n) is 5.53. The van der Waals surface area contributed by atoms with Gasteiger partial charge < -0.3 is 15.4 Å². The summed E-state index contributed by atoms with van der Waals surface area (Å²) in [5.74, 6) is -2.48. The van der Waals surface area contributed by atoms with E-state index < -0.39 is 23.9 Å². The molecule has 1 heterocycles. The molecule has 3 rings (SSSR count). The van der Waals surface area contributed by atoms with Crippen LogP contribution in [0.15, 0.2) is 46.8 Å². The van der Waals surface area contributed by atoms with Gasteiger partial charge in [0.25, 0.3) is 0 Å². The van der Waals surface area contributed by atoms with Crippen molar-refractivity contribution in [1.29, 1.82) is 0 Å². The number of rotatable bonds is 7. The van der Waals surface area contributed by atoms with Crippen LogP contribution in [0.25, 0.3) is 0 Å². The molecule has 1 aromatic heterocycles. The highest BCUT2D eigenvalue weighted by atomic mass is 32.2. The number of carbonyl (C=O) groups is 1. The van der Waals surface area contributed by atoms with Gasteiger partial charge in [-0.3, -0.25) is 4.79 Å². The molecule has 0 bridgehead atoms. The largest absolute Gasteiger partial charge is 0.573 e. The molecule has 30 heavy (non-hydrogen) atoms. The zero-order valence-electron chi connectivity index (χ0n) is 14.7. The van der Waals surface area contributed by atoms with Crippen molar-refractivity contribution in [2.24, 2.45) is 0 Å². The SMILES string of the molecule is O=C(CSc1nnc(Nc2ccc(OC(F)(F)F)cc2)s1)Nc1cc(F)ccc1F. The number of halogens is 5. The lowest BCUT2D eigenvalue weighted by molar-refractivity contribution is -0.274. The van der Waals surface area contributed by atoms with Gasteiger partial charge >= 0.3 is 6.36 Å². The van der Waals surface area contributed by atoms with E-state index in [-0.39, 0.29) is 17.2 Å².